The maximum atomic E-state index is 9.85. The average molecular weight is 257 g/mol. The van der Waals surface area contributed by atoms with Crippen molar-refractivity contribution in [1.82, 2.24) is 4.98 Å². The van der Waals surface area contributed by atoms with Crippen molar-refractivity contribution in [1.29, 1.82) is 0 Å². The van der Waals surface area contributed by atoms with E-state index in [1.54, 1.807) is 12.4 Å². The Morgan fingerprint density at radius 2 is 2.29 bits per heavy atom. The van der Waals surface area contributed by atoms with E-state index in [9.17, 15) is 5.11 Å². The summed E-state index contributed by atoms with van der Waals surface area (Å²) in [5.41, 5.74) is 0.460. The van der Waals surface area contributed by atoms with E-state index in [-0.39, 0.29) is 0 Å². The van der Waals surface area contributed by atoms with E-state index in [0.29, 0.717) is 6.54 Å². The Labute approximate surface area is 91.7 Å². The number of anilines is 1. The second-order valence-corrected chi connectivity index (χ2v) is 4.74. The van der Waals surface area contributed by atoms with E-state index in [1.807, 2.05) is 6.07 Å². The Hall–Kier alpha value is -0.610. The lowest BCUT2D eigenvalue weighted by Crippen LogP contribution is -2.43. The molecule has 0 aromatic carbocycles. The summed E-state index contributed by atoms with van der Waals surface area (Å²) in [6, 6.07) is 1.95. The van der Waals surface area contributed by atoms with Crippen LogP contribution < -0.4 is 5.32 Å². The average Bonchev–Trinajstić information content (AvgIpc) is 2.12. The summed E-state index contributed by atoms with van der Waals surface area (Å²) in [6.07, 6.45) is 6.44. The minimum atomic E-state index is -0.484. The Morgan fingerprint density at radius 1 is 1.50 bits per heavy atom. The highest BCUT2D eigenvalue weighted by molar-refractivity contribution is 9.10. The van der Waals surface area contributed by atoms with Crippen molar-refractivity contribution in [2.45, 2.75) is 24.9 Å². The van der Waals surface area contributed by atoms with Gasteiger partial charge in [0.2, 0.25) is 0 Å². The summed E-state index contributed by atoms with van der Waals surface area (Å²) in [5, 5.41) is 13.0. The third-order valence-corrected chi connectivity index (χ3v) is 3.04. The molecule has 1 saturated carbocycles. The monoisotopic (exact) mass is 256 g/mol. The highest BCUT2D eigenvalue weighted by Crippen LogP contribution is 2.31. The number of hydrogen-bond acceptors (Lipinski definition) is 3. The van der Waals surface area contributed by atoms with Crippen LogP contribution in [0.2, 0.25) is 0 Å². The molecule has 2 N–H and O–H groups in total. The lowest BCUT2D eigenvalue weighted by molar-refractivity contribution is -0.0202. The highest BCUT2D eigenvalue weighted by Gasteiger charge is 2.33. The second kappa shape index (κ2) is 3.87. The first kappa shape index (κ1) is 9.93. The van der Waals surface area contributed by atoms with E-state index in [1.165, 1.54) is 0 Å². The van der Waals surface area contributed by atoms with Crippen LogP contribution in [0.3, 0.4) is 0 Å². The summed E-state index contributed by atoms with van der Waals surface area (Å²) in [6.45, 7) is 0.616. The van der Waals surface area contributed by atoms with Crippen molar-refractivity contribution in [3.8, 4) is 0 Å². The van der Waals surface area contributed by atoms with Crippen molar-refractivity contribution in [3.05, 3.63) is 22.9 Å². The molecule has 4 heteroatoms. The first-order chi connectivity index (χ1) is 6.68. The van der Waals surface area contributed by atoms with Crippen LogP contribution in [-0.4, -0.2) is 22.2 Å². The number of rotatable bonds is 3. The van der Waals surface area contributed by atoms with Crippen LogP contribution >= 0.6 is 15.9 Å². The van der Waals surface area contributed by atoms with Gasteiger partial charge in [0.15, 0.2) is 0 Å². The quantitative estimate of drug-likeness (QED) is 0.872. The summed E-state index contributed by atoms with van der Waals surface area (Å²) >= 11 is 3.35. The second-order valence-electron chi connectivity index (χ2n) is 3.82. The zero-order chi connectivity index (χ0) is 10.0. The standard InChI is InChI=1S/C10H13BrN2O/c11-8-4-9(6-12-5-8)13-7-10(14)2-1-3-10/h4-6,13-14H,1-3,7H2. The first-order valence-electron chi connectivity index (χ1n) is 4.75. The summed E-state index contributed by atoms with van der Waals surface area (Å²) in [4.78, 5) is 4.04. The molecule has 76 valence electrons. The Kier molecular flexibility index (Phi) is 2.74. The fourth-order valence-electron chi connectivity index (χ4n) is 1.54. The normalized spacial score (nSPS) is 18.7. The molecule has 0 unspecified atom stereocenters. The van der Waals surface area contributed by atoms with E-state index < -0.39 is 5.60 Å². The molecular formula is C10H13BrN2O. The molecule has 0 atom stereocenters. The van der Waals surface area contributed by atoms with Gasteiger partial charge in [-0.2, -0.15) is 0 Å². The number of pyridine rings is 1. The Bertz CT molecular complexity index is 326. The number of nitrogens with one attached hydrogen (secondary N) is 1. The number of aromatic nitrogens is 1. The van der Waals surface area contributed by atoms with Crippen LogP contribution in [0.4, 0.5) is 5.69 Å². The molecule has 0 saturated heterocycles. The summed E-state index contributed by atoms with van der Waals surface area (Å²) in [7, 11) is 0. The molecular weight excluding hydrogens is 244 g/mol. The third kappa shape index (κ3) is 2.25. The number of nitrogens with zero attached hydrogens (tertiary/aromatic N) is 1. The largest absolute Gasteiger partial charge is 0.388 e. The van der Waals surface area contributed by atoms with Crippen LogP contribution in [0.25, 0.3) is 0 Å². The van der Waals surface area contributed by atoms with Crippen molar-refractivity contribution >= 4 is 21.6 Å². The predicted octanol–water partition coefficient (Wildman–Crippen LogP) is 2.17. The molecule has 2 rings (SSSR count). The van der Waals surface area contributed by atoms with Crippen LogP contribution in [0.5, 0.6) is 0 Å². The fraction of sp³-hybridized carbons (Fsp3) is 0.500. The van der Waals surface area contributed by atoms with Gasteiger partial charge in [-0.25, -0.2) is 0 Å². The van der Waals surface area contributed by atoms with Gasteiger partial charge >= 0.3 is 0 Å². The summed E-state index contributed by atoms with van der Waals surface area (Å²) in [5.74, 6) is 0. The third-order valence-electron chi connectivity index (χ3n) is 2.61. The first-order valence-corrected chi connectivity index (χ1v) is 5.54. The molecule has 14 heavy (non-hydrogen) atoms. The Morgan fingerprint density at radius 3 is 2.86 bits per heavy atom. The smallest absolute Gasteiger partial charge is 0.0819 e. The molecule has 0 radical (unpaired) electrons. The van der Waals surface area contributed by atoms with Gasteiger partial charge in [0.25, 0.3) is 0 Å². The van der Waals surface area contributed by atoms with E-state index >= 15 is 0 Å². The fourth-order valence-corrected chi connectivity index (χ4v) is 1.90. The minimum Gasteiger partial charge on any atom is -0.388 e. The SMILES string of the molecule is OC1(CNc2cncc(Br)c2)CCC1. The van der Waals surface area contributed by atoms with Crippen LogP contribution in [0.15, 0.2) is 22.9 Å². The van der Waals surface area contributed by atoms with Gasteiger partial charge in [-0.3, -0.25) is 4.98 Å². The van der Waals surface area contributed by atoms with Gasteiger partial charge in [0.1, 0.15) is 0 Å². The van der Waals surface area contributed by atoms with Crippen molar-refractivity contribution in [2.75, 3.05) is 11.9 Å². The molecule has 1 heterocycles. The zero-order valence-corrected chi connectivity index (χ0v) is 9.42. The molecule has 0 aliphatic heterocycles. The predicted molar refractivity (Wildman–Crippen MR) is 59.2 cm³/mol. The van der Waals surface area contributed by atoms with Gasteiger partial charge in [-0.15, -0.1) is 0 Å². The number of hydrogen-bond donors (Lipinski definition) is 2. The van der Waals surface area contributed by atoms with Crippen LogP contribution in [0.1, 0.15) is 19.3 Å². The molecule has 1 aromatic heterocycles. The van der Waals surface area contributed by atoms with E-state index in [2.05, 4.69) is 26.2 Å². The maximum Gasteiger partial charge on any atom is 0.0819 e. The molecule has 0 amide bonds. The zero-order valence-electron chi connectivity index (χ0n) is 7.83. The van der Waals surface area contributed by atoms with Gasteiger partial charge in [-0.05, 0) is 41.3 Å². The van der Waals surface area contributed by atoms with Crippen LogP contribution in [-0.2, 0) is 0 Å². The molecule has 1 aliphatic rings. The van der Waals surface area contributed by atoms with Crippen molar-refractivity contribution in [2.24, 2.45) is 0 Å². The van der Waals surface area contributed by atoms with Gasteiger partial charge in [0, 0.05) is 17.2 Å². The van der Waals surface area contributed by atoms with Crippen molar-refractivity contribution < 1.29 is 5.11 Å². The molecule has 3 nitrogen and oxygen atoms in total. The lowest BCUT2D eigenvalue weighted by Gasteiger charge is -2.36. The topological polar surface area (TPSA) is 45.1 Å². The van der Waals surface area contributed by atoms with Gasteiger partial charge < -0.3 is 10.4 Å². The number of aliphatic hydroxyl groups is 1. The highest BCUT2D eigenvalue weighted by atomic mass is 79.9. The van der Waals surface area contributed by atoms with Gasteiger partial charge in [0.05, 0.1) is 17.5 Å². The summed E-state index contributed by atoms with van der Waals surface area (Å²) < 4.78 is 0.947. The van der Waals surface area contributed by atoms with E-state index in [4.69, 9.17) is 0 Å². The number of halogens is 1. The maximum absolute atomic E-state index is 9.85. The molecule has 0 spiro atoms. The van der Waals surface area contributed by atoms with Crippen molar-refractivity contribution in [3.63, 3.8) is 0 Å². The van der Waals surface area contributed by atoms with Crippen LogP contribution in [0, 0.1) is 0 Å². The lowest BCUT2D eigenvalue weighted by atomic mass is 9.80. The Balaban J connectivity index is 1.91. The molecule has 0 bridgehead atoms. The van der Waals surface area contributed by atoms with E-state index in [0.717, 1.165) is 29.4 Å². The molecule has 1 aromatic rings. The molecule has 1 fully saturated rings. The van der Waals surface area contributed by atoms with Gasteiger partial charge in [-0.1, -0.05) is 0 Å². The minimum absolute atomic E-state index is 0.484. The molecule has 1 aliphatic carbocycles.